The van der Waals surface area contributed by atoms with Gasteiger partial charge in [-0.25, -0.2) is 5.43 Å². The van der Waals surface area contributed by atoms with Crippen LogP contribution in [0.3, 0.4) is 0 Å². The molecule has 132 valence electrons. The number of ether oxygens (including phenoxy) is 1. The normalized spacial score (nSPS) is 10.8. The van der Waals surface area contributed by atoms with Crippen LogP contribution in [-0.2, 0) is 10.5 Å². The van der Waals surface area contributed by atoms with Gasteiger partial charge in [0.05, 0.1) is 18.6 Å². The summed E-state index contributed by atoms with van der Waals surface area (Å²) in [6, 6.07) is 12.8. The Morgan fingerprint density at radius 3 is 2.52 bits per heavy atom. The van der Waals surface area contributed by atoms with Crippen molar-refractivity contribution in [2.24, 2.45) is 5.10 Å². The number of nitrogens with one attached hydrogen (secondary N) is 1. The third-order valence-electron chi connectivity index (χ3n) is 3.14. The number of carbonyl (C=O) groups excluding carboxylic acids is 1. The fourth-order valence-electron chi connectivity index (χ4n) is 1.94. The first kappa shape index (κ1) is 19.6. The van der Waals surface area contributed by atoms with Gasteiger partial charge in [-0.15, -0.1) is 11.8 Å². The first-order valence-corrected chi connectivity index (χ1v) is 9.56. The maximum atomic E-state index is 11.8. The fraction of sp³-hybridized carbons (Fsp3) is 0.222. The average molecular weight is 397 g/mol. The van der Waals surface area contributed by atoms with Gasteiger partial charge >= 0.3 is 0 Å². The van der Waals surface area contributed by atoms with Crippen molar-refractivity contribution in [2.45, 2.75) is 12.7 Å². The Labute approximate surface area is 161 Å². The van der Waals surface area contributed by atoms with Crippen molar-refractivity contribution in [1.82, 2.24) is 5.43 Å². The maximum Gasteiger partial charge on any atom is 0.250 e. The summed E-state index contributed by atoms with van der Waals surface area (Å²) in [5.41, 5.74) is 4.21. The zero-order chi connectivity index (χ0) is 18.1. The quantitative estimate of drug-likeness (QED) is 0.516. The molecule has 0 bridgehead atoms. The molecule has 0 atom stereocenters. The van der Waals surface area contributed by atoms with Crippen LogP contribution in [0.15, 0.2) is 47.6 Å². The molecule has 0 aliphatic heterocycles. The van der Waals surface area contributed by atoms with E-state index in [-0.39, 0.29) is 11.7 Å². The van der Waals surface area contributed by atoms with Gasteiger partial charge in [-0.05, 0) is 54.4 Å². The highest BCUT2D eigenvalue weighted by Crippen LogP contribution is 2.28. The van der Waals surface area contributed by atoms with Crippen LogP contribution in [-0.4, -0.2) is 24.5 Å². The number of rotatable bonds is 8. The Hall–Kier alpha value is -1.69. The van der Waals surface area contributed by atoms with E-state index in [1.165, 1.54) is 11.8 Å². The lowest BCUT2D eigenvalue weighted by molar-refractivity contribution is -0.118. The largest absolute Gasteiger partial charge is 0.494 e. The number of amides is 1. The van der Waals surface area contributed by atoms with Gasteiger partial charge in [0.1, 0.15) is 5.75 Å². The predicted molar refractivity (Wildman–Crippen MR) is 106 cm³/mol. The average Bonchev–Trinajstić information content (AvgIpc) is 2.59. The molecule has 2 rings (SSSR count). The number of nitrogens with zero attached hydrogens (tertiary/aromatic N) is 1. The van der Waals surface area contributed by atoms with E-state index in [0.29, 0.717) is 22.4 Å². The Morgan fingerprint density at radius 2 is 1.88 bits per heavy atom. The molecule has 25 heavy (non-hydrogen) atoms. The summed E-state index contributed by atoms with van der Waals surface area (Å²) < 4.78 is 5.37. The molecule has 2 aromatic carbocycles. The molecular formula is C18H18Cl2N2O2S. The lowest BCUT2D eigenvalue weighted by Gasteiger charge is -2.06. The van der Waals surface area contributed by atoms with E-state index in [1.807, 2.05) is 31.2 Å². The van der Waals surface area contributed by atoms with Gasteiger partial charge < -0.3 is 4.74 Å². The predicted octanol–water partition coefficient (Wildman–Crippen LogP) is 4.78. The second-order valence-electron chi connectivity index (χ2n) is 4.99. The van der Waals surface area contributed by atoms with Crippen LogP contribution in [0, 0.1) is 0 Å². The monoisotopic (exact) mass is 396 g/mol. The Bertz CT molecular complexity index is 716. The van der Waals surface area contributed by atoms with Gasteiger partial charge in [0.25, 0.3) is 0 Å². The smallest absolute Gasteiger partial charge is 0.250 e. The molecule has 0 saturated heterocycles. The summed E-state index contributed by atoms with van der Waals surface area (Å²) in [5, 5.41) is 5.16. The van der Waals surface area contributed by atoms with Gasteiger partial charge in [-0.3, -0.25) is 4.79 Å². The highest BCUT2D eigenvalue weighted by molar-refractivity contribution is 7.99. The van der Waals surface area contributed by atoms with E-state index in [4.69, 9.17) is 27.9 Å². The molecule has 0 aromatic heterocycles. The Morgan fingerprint density at radius 1 is 1.20 bits per heavy atom. The maximum absolute atomic E-state index is 11.8. The summed E-state index contributed by atoms with van der Waals surface area (Å²) >= 11 is 13.6. The molecule has 4 nitrogen and oxygen atoms in total. The van der Waals surface area contributed by atoms with Crippen LogP contribution in [0.4, 0.5) is 0 Å². The lowest BCUT2D eigenvalue weighted by atomic mass is 10.2. The molecule has 2 aromatic rings. The van der Waals surface area contributed by atoms with E-state index in [2.05, 4.69) is 10.5 Å². The van der Waals surface area contributed by atoms with Crippen LogP contribution < -0.4 is 10.2 Å². The van der Waals surface area contributed by atoms with E-state index >= 15 is 0 Å². The standard InChI is InChI=1S/C18H18Cl2N2O2S/c1-2-24-14-8-6-13(7-9-14)10-21-22-18(23)12-25-11-15-16(19)4-3-5-17(15)20/h3-10H,2,11-12H2,1H3,(H,22,23)/b21-10-. The van der Waals surface area contributed by atoms with Crippen molar-refractivity contribution >= 4 is 47.1 Å². The summed E-state index contributed by atoms with van der Waals surface area (Å²) in [4.78, 5) is 11.8. The van der Waals surface area contributed by atoms with Gasteiger partial charge in [-0.2, -0.15) is 5.10 Å². The summed E-state index contributed by atoms with van der Waals surface area (Å²) in [6.45, 7) is 2.56. The Balaban J connectivity index is 1.75. The van der Waals surface area contributed by atoms with Crippen molar-refractivity contribution < 1.29 is 9.53 Å². The highest BCUT2D eigenvalue weighted by atomic mass is 35.5. The van der Waals surface area contributed by atoms with Crippen LogP contribution in [0.1, 0.15) is 18.1 Å². The van der Waals surface area contributed by atoms with E-state index < -0.39 is 0 Å². The van der Waals surface area contributed by atoms with Crippen molar-refractivity contribution in [2.75, 3.05) is 12.4 Å². The van der Waals surface area contributed by atoms with Crippen LogP contribution in [0.25, 0.3) is 0 Å². The molecular weight excluding hydrogens is 379 g/mol. The number of halogens is 2. The molecule has 0 spiro atoms. The van der Waals surface area contributed by atoms with Crippen molar-refractivity contribution in [3.8, 4) is 5.75 Å². The highest BCUT2D eigenvalue weighted by Gasteiger charge is 2.07. The SMILES string of the molecule is CCOc1ccc(/C=N\NC(=O)CSCc2c(Cl)cccc2Cl)cc1. The summed E-state index contributed by atoms with van der Waals surface area (Å²) in [5.74, 6) is 1.45. The molecule has 0 radical (unpaired) electrons. The summed E-state index contributed by atoms with van der Waals surface area (Å²) in [6.07, 6.45) is 1.59. The molecule has 0 unspecified atom stereocenters. The second-order valence-corrected chi connectivity index (χ2v) is 6.79. The minimum atomic E-state index is -0.185. The molecule has 0 aliphatic rings. The van der Waals surface area contributed by atoms with E-state index in [9.17, 15) is 4.79 Å². The van der Waals surface area contributed by atoms with Gasteiger partial charge in [0.15, 0.2) is 0 Å². The lowest BCUT2D eigenvalue weighted by Crippen LogP contribution is -2.19. The molecule has 7 heteroatoms. The molecule has 1 N–H and O–H groups in total. The first-order chi connectivity index (χ1) is 12.1. The number of carbonyl (C=O) groups is 1. The third-order valence-corrected chi connectivity index (χ3v) is 4.80. The molecule has 1 amide bonds. The topological polar surface area (TPSA) is 50.7 Å². The van der Waals surface area contributed by atoms with Crippen molar-refractivity contribution in [3.05, 3.63) is 63.6 Å². The van der Waals surface area contributed by atoms with Gasteiger partial charge in [0.2, 0.25) is 5.91 Å². The number of hydrogen-bond donors (Lipinski definition) is 1. The second kappa shape index (κ2) is 10.3. The van der Waals surface area contributed by atoms with E-state index in [0.717, 1.165) is 16.9 Å². The molecule has 0 aliphatic carbocycles. The minimum Gasteiger partial charge on any atom is -0.494 e. The van der Waals surface area contributed by atoms with Gasteiger partial charge in [-0.1, -0.05) is 29.3 Å². The van der Waals surface area contributed by atoms with E-state index in [1.54, 1.807) is 24.4 Å². The summed E-state index contributed by atoms with van der Waals surface area (Å²) in [7, 11) is 0. The minimum absolute atomic E-state index is 0.185. The molecule has 0 saturated carbocycles. The number of thioether (sulfide) groups is 1. The van der Waals surface area contributed by atoms with Crippen LogP contribution in [0.2, 0.25) is 10.0 Å². The third kappa shape index (κ3) is 6.61. The number of hydrazone groups is 1. The Kier molecular flexibility index (Phi) is 8.12. The fourth-order valence-corrected chi connectivity index (χ4v) is 3.50. The van der Waals surface area contributed by atoms with Crippen LogP contribution in [0.5, 0.6) is 5.75 Å². The first-order valence-electron chi connectivity index (χ1n) is 7.65. The van der Waals surface area contributed by atoms with Crippen LogP contribution >= 0.6 is 35.0 Å². The zero-order valence-corrected chi connectivity index (χ0v) is 16.0. The van der Waals surface area contributed by atoms with Gasteiger partial charge in [0, 0.05) is 15.8 Å². The molecule has 0 fully saturated rings. The van der Waals surface area contributed by atoms with Crippen molar-refractivity contribution in [3.63, 3.8) is 0 Å². The molecule has 0 heterocycles. The van der Waals surface area contributed by atoms with Crippen molar-refractivity contribution in [1.29, 1.82) is 0 Å². The number of hydrogen-bond acceptors (Lipinski definition) is 4. The zero-order valence-electron chi connectivity index (χ0n) is 13.7. The number of benzene rings is 2.